The minimum atomic E-state index is -3.83. The Hall–Kier alpha value is -1.43. The van der Waals surface area contributed by atoms with Gasteiger partial charge in [0.25, 0.3) is 0 Å². The Bertz CT molecular complexity index is 513. The molecule has 0 saturated heterocycles. The van der Waals surface area contributed by atoms with E-state index in [-0.39, 0.29) is 4.90 Å². The molecule has 0 spiro atoms. The number of carbonyl (C=O) groups is 1. The largest absolute Gasteiger partial charge is 0.355 e. The van der Waals surface area contributed by atoms with Gasteiger partial charge in [-0.2, -0.15) is 0 Å². The quantitative estimate of drug-likeness (QED) is 0.881. The molecule has 0 aliphatic heterocycles. The maximum Gasteiger partial charge on any atom is 0.238 e. The monoisotopic (exact) mass is 259 g/mol. The summed E-state index contributed by atoms with van der Waals surface area (Å²) >= 11 is 0. The van der Waals surface area contributed by atoms with E-state index in [0.29, 0.717) is 6.54 Å². The molecule has 1 aromatic rings. The van der Waals surface area contributed by atoms with Gasteiger partial charge in [-0.05, 0) is 32.0 Å². The van der Waals surface area contributed by atoms with Crippen molar-refractivity contribution in [3.8, 4) is 0 Å². The van der Waals surface area contributed by atoms with Crippen LogP contribution < -0.4 is 5.32 Å². The molecule has 4 nitrogen and oxygen atoms in total. The van der Waals surface area contributed by atoms with Gasteiger partial charge in [0.1, 0.15) is 11.1 Å². The number of hydrogen-bond donors (Lipinski definition) is 1. The first-order chi connectivity index (χ1) is 7.89. The van der Waals surface area contributed by atoms with Crippen LogP contribution in [0.15, 0.2) is 29.2 Å². The lowest BCUT2D eigenvalue weighted by Crippen LogP contribution is -2.37. The SMILES string of the molecule is CCNC(=O)C(C)S(=O)(=O)c1cccc(F)c1. The molecule has 1 aromatic carbocycles. The van der Waals surface area contributed by atoms with Crippen molar-refractivity contribution in [2.45, 2.75) is 24.0 Å². The molecule has 94 valence electrons. The highest BCUT2D eigenvalue weighted by molar-refractivity contribution is 7.92. The lowest BCUT2D eigenvalue weighted by atomic mass is 10.3. The minimum Gasteiger partial charge on any atom is -0.355 e. The second-order valence-corrected chi connectivity index (χ2v) is 5.81. The van der Waals surface area contributed by atoms with Gasteiger partial charge in [0, 0.05) is 6.54 Å². The summed E-state index contributed by atoms with van der Waals surface area (Å²) in [7, 11) is -3.83. The third-order valence-corrected chi connectivity index (χ3v) is 4.37. The summed E-state index contributed by atoms with van der Waals surface area (Å²) in [6, 6.07) is 4.63. The maximum absolute atomic E-state index is 12.9. The first-order valence-electron chi connectivity index (χ1n) is 5.16. The average molecular weight is 259 g/mol. The van der Waals surface area contributed by atoms with Crippen molar-refractivity contribution in [3.05, 3.63) is 30.1 Å². The number of halogens is 1. The average Bonchev–Trinajstić information content (AvgIpc) is 2.28. The van der Waals surface area contributed by atoms with E-state index in [9.17, 15) is 17.6 Å². The Morgan fingerprint density at radius 1 is 1.47 bits per heavy atom. The zero-order chi connectivity index (χ0) is 13.1. The van der Waals surface area contributed by atoms with E-state index in [1.807, 2.05) is 0 Å². The van der Waals surface area contributed by atoms with E-state index in [1.54, 1.807) is 6.92 Å². The fourth-order valence-corrected chi connectivity index (χ4v) is 2.63. The van der Waals surface area contributed by atoms with Crippen molar-refractivity contribution < 1.29 is 17.6 Å². The van der Waals surface area contributed by atoms with Gasteiger partial charge in [-0.25, -0.2) is 12.8 Å². The lowest BCUT2D eigenvalue weighted by Gasteiger charge is -2.12. The highest BCUT2D eigenvalue weighted by atomic mass is 32.2. The van der Waals surface area contributed by atoms with Crippen LogP contribution >= 0.6 is 0 Å². The van der Waals surface area contributed by atoms with Crippen LogP contribution in [-0.2, 0) is 14.6 Å². The summed E-state index contributed by atoms with van der Waals surface area (Å²) in [4.78, 5) is 11.3. The fraction of sp³-hybridized carbons (Fsp3) is 0.364. The van der Waals surface area contributed by atoms with Gasteiger partial charge in [-0.1, -0.05) is 6.07 Å². The van der Waals surface area contributed by atoms with Gasteiger partial charge in [0.05, 0.1) is 4.90 Å². The van der Waals surface area contributed by atoms with Crippen molar-refractivity contribution >= 4 is 15.7 Å². The van der Waals surface area contributed by atoms with E-state index in [0.717, 1.165) is 12.1 Å². The molecule has 17 heavy (non-hydrogen) atoms. The molecule has 0 aliphatic carbocycles. The molecule has 1 amide bonds. The number of carbonyl (C=O) groups excluding carboxylic acids is 1. The highest BCUT2D eigenvalue weighted by Crippen LogP contribution is 2.17. The summed E-state index contributed by atoms with van der Waals surface area (Å²) in [6.45, 7) is 3.33. The fourth-order valence-electron chi connectivity index (χ4n) is 1.31. The van der Waals surface area contributed by atoms with Crippen LogP contribution in [0.25, 0.3) is 0 Å². The molecule has 0 radical (unpaired) electrons. The first kappa shape index (κ1) is 13.6. The summed E-state index contributed by atoms with van der Waals surface area (Å²) in [6.07, 6.45) is 0. The van der Waals surface area contributed by atoms with Crippen molar-refractivity contribution in [3.63, 3.8) is 0 Å². The predicted octanol–water partition coefficient (Wildman–Crippen LogP) is 1.12. The Morgan fingerprint density at radius 2 is 2.12 bits per heavy atom. The van der Waals surface area contributed by atoms with Gasteiger partial charge in [0.15, 0.2) is 9.84 Å². The normalized spacial score (nSPS) is 13.1. The molecular formula is C11H14FNO3S. The number of benzene rings is 1. The predicted molar refractivity (Wildman–Crippen MR) is 61.7 cm³/mol. The number of hydrogen-bond acceptors (Lipinski definition) is 3. The third kappa shape index (κ3) is 3.03. The van der Waals surface area contributed by atoms with Crippen LogP contribution in [0.2, 0.25) is 0 Å². The van der Waals surface area contributed by atoms with E-state index < -0.39 is 26.8 Å². The molecule has 0 bridgehead atoms. The molecule has 6 heteroatoms. The molecule has 0 fully saturated rings. The Labute approximate surface area is 99.8 Å². The topological polar surface area (TPSA) is 63.2 Å². The van der Waals surface area contributed by atoms with Crippen LogP contribution in [0.3, 0.4) is 0 Å². The second-order valence-electron chi connectivity index (χ2n) is 3.54. The zero-order valence-corrected chi connectivity index (χ0v) is 10.4. The van der Waals surface area contributed by atoms with E-state index in [2.05, 4.69) is 5.32 Å². The second kappa shape index (κ2) is 5.27. The van der Waals surface area contributed by atoms with Crippen molar-refractivity contribution in [2.75, 3.05) is 6.54 Å². The van der Waals surface area contributed by atoms with Crippen LogP contribution in [0.4, 0.5) is 4.39 Å². The molecule has 1 unspecified atom stereocenters. The highest BCUT2D eigenvalue weighted by Gasteiger charge is 2.29. The van der Waals surface area contributed by atoms with Gasteiger partial charge < -0.3 is 5.32 Å². The Morgan fingerprint density at radius 3 is 2.65 bits per heavy atom. The smallest absolute Gasteiger partial charge is 0.238 e. The van der Waals surface area contributed by atoms with E-state index in [4.69, 9.17) is 0 Å². The summed E-state index contributed by atoms with van der Waals surface area (Å²) in [5.74, 6) is -1.23. The molecular weight excluding hydrogens is 245 g/mol. The Balaban J connectivity index is 3.07. The molecule has 1 atom stereocenters. The van der Waals surface area contributed by atoms with E-state index in [1.165, 1.54) is 19.1 Å². The molecule has 0 heterocycles. The number of amides is 1. The van der Waals surface area contributed by atoms with E-state index >= 15 is 0 Å². The van der Waals surface area contributed by atoms with Crippen molar-refractivity contribution in [2.24, 2.45) is 0 Å². The molecule has 0 aromatic heterocycles. The van der Waals surface area contributed by atoms with Gasteiger partial charge in [-0.15, -0.1) is 0 Å². The number of sulfone groups is 1. The Kier molecular flexibility index (Phi) is 4.22. The minimum absolute atomic E-state index is 0.184. The first-order valence-corrected chi connectivity index (χ1v) is 6.71. The number of nitrogens with one attached hydrogen (secondary N) is 1. The molecule has 1 N–H and O–H groups in total. The summed E-state index contributed by atoms with van der Waals surface area (Å²) < 4.78 is 36.9. The maximum atomic E-state index is 12.9. The molecule has 1 rings (SSSR count). The van der Waals surface area contributed by atoms with Crippen LogP contribution in [0, 0.1) is 5.82 Å². The van der Waals surface area contributed by atoms with Crippen LogP contribution in [0.1, 0.15) is 13.8 Å². The lowest BCUT2D eigenvalue weighted by molar-refractivity contribution is -0.120. The van der Waals surface area contributed by atoms with Crippen molar-refractivity contribution in [1.82, 2.24) is 5.32 Å². The summed E-state index contributed by atoms with van der Waals surface area (Å²) in [5, 5.41) is 1.19. The molecule has 0 saturated carbocycles. The van der Waals surface area contributed by atoms with Crippen LogP contribution in [0.5, 0.6) is 0 Å². The number of rotatable bonds is 4. The van der Waals surface area contributed by atoms with Crippen molar-refractivity contribution in [1.29, 1.82) is 0 Å². The molecule has 0 aliphatic rings. The van der Waals surface area contributed by atoms with Gasteiger partial charge >= 0.3 is 0 Å². The summed E-state index contributed by atoms with van der Waals surface area (Å²) in [5.41, 5.74) is 0. The third-order valence-electron chi connectivity index (χ3n) is 2.31. The van der Waals surface area contributed by atoms with Gasteiger partial charge in [0.2, 0.25) is 5.91 Å². The van der Waals surface area contributed by atoms with Crippen LogP contribution in [-0.4, -0.2) is 26.1 Å². The standard InChI is InChI=1S/C11H14FNO3S/c1-3-13-11(14)8(2)17(15,16)10-6-4-5-9(12)7-10/h4-8H,3H2,1-2H3,(H,13,14). The van der Waals surface area contributed by atoms with Gasteiger partial charge in [-0.3, -0.25) is 4.79 Å². The zero-order valence-electron chi connectivity index (χ0n) is 9.60.